The van der Waals surface area contributed by atoms with Crippen LogP contribution in [0.4, 0.5) is 0 Å². The summed E-state index contributed by atoms with van der Waals surface area (Å²) in [6.45, 7) is 1.70. The first-order valence-corrected chi connectivity index (χ1v) is 10.3. The number of nitrogens with one attached hydrogen (secondary N) is 3. The molecule has 3 aliphatic heterocycles. The average Bonchev–Trinajstić information content (AvgIpc) is 3.20. The highest BCUT2D eigenvalue weighted by Crippen LogP contribution is 2.42. The van der Waals surface area contributed by atoms with Crippen molar-refractivity contribution in [3.8, 4) is 0 Å². The van der Waals surface area contributed by atoms with Gasteiger partial charge in [-0.15, -0.1) is 0 Å². The monoisotopic (exact) mass is 396 g/mol. The minimum Gasteiger partial charge on any atom is -0.312 e. The van der Waals surface area contributed by atoms with E-state index < -0.39 is 23.8 Å². The van der Waals surface area contributed by atoms with Gasteiger partial charge in [-0.2, -0.15) is 0 Å². The predicted octanol–water partition coefficient (Wildman–Crippen LogP) is 0.462. The number of nitrogens with zero attached hydrogens (tertiary/aromatic N) is 1. The van der Waals surface area contributed by atoms with Crippen LogP contribution in [0.1, 0.15) is 64.8 Å². The zero-order valence-electron chi connectivity index (χ0n) is 16.1. The molecule has 4 amide bonds. The number of hydrogen-bond donors (Lipinski definition) is 3. The summed E-state index contributed by atoms with van der Waals surface area (Å²) in [5.74, 6) is -1.88. The van der Waals surface area contributed by atoms with E-state index in [1.807, 2.05) is 6.07 Å². The van der Waals surface area contributed by atoms with Crippen LogP contribution in [0.2, 0.25) is 0 Å². The zero-order chi connectivity index (χ0) is 20.2. The number of amides is 4. The number of carbonyl (C=O) groups excluding carboxylic acids is 4. The van der Waals surface area contributed by atoms with E-state index in [9.17, 15) is 19.2 Å². The Hall–Kier alpha value is -2.58. The summed E-state index contributed by atoms with van der Waals surface area (Å²) in [4.78, 5) is 50.2. The van der Waals surface area contributed by atoms with Crippen LogP contribution < -0.4 is 16.0 Å². The third kappa shape index (κ3) is 3.07. The summed E-state index contributed by atoms with van der Waals surface area (Å²) in [6, 6.07) is 4.87. The van der Waals surface area contributed by atoms with Crippen molar-refractivity contribution >= 4 is 23.6 Å². The highest BCUT2D eigenvalue weighted by molar-refractivity contribution is 6.23. The predicted molar refractivity (Wildman–Crippen MR) is 103 cm³/mol. The molecule has 0 aromatic heterocycles. The van der Waals surface area contributed by atoms with Crippen LogP contribution >= 0.6 is 0 Å². The first-order valence-electron chi connectivity index (χ1n) is 10.3. The quantitative estimate of drug-likeness (QED) is 0.625. The van der Waals surface area contributed by atoms with Crippen molar-refractivity contribution in [2.75, 3.05) is 6.54 Å². The maximum atomic E-state index is 12.9. The van der Waals surface area contributed by atoms with Crippen LogP contribution in [-0.2, 0) is 16.1 Å². The molecule has 2 atom stereocenters. The third-order valence-electron chi connectivity index (χ3n) is 6.66. The van der Waals surface area contributed by atoms with Crippen molar-refractivity contribution in [2.45, 2.75) is 62.7 Å². The van der Waals surface area contributed by atoms with Crippen molar-refractivity contribution in [2.24, 2.45) is 0 Å². The third-order valence-corrected chi connectivity index (χ3v) is 6.66. The first kappa shape index (κ1) is 18.4. The van der Waals surface area contributed by atoms with Gasteiger partial charge in [0.05, 0.1) is 11.1 Å². The van der Waals surface area contributed by atoms with Gasteiger partial charge >= 0.3 is 0 Å². The molecule has 1 aromatic rings. The molecular formula is C21H24N4O4. The summed E-state index contributed by atoms with van der Waals surface area (Å²) in [5.41, 5.74) is 1.75. The Morgan fingerprint density at radius 1 is 1.07 bits per heavy atom. The van der Waals surface area contributed by atoms with E-state index in [2.05, 4.69) is 16.0 Å². The number of benzene rings is 1. The maximum absolute atomic E-state index is 12.9. The summed E-state index contributed by atoms with van der Waals surface area (Å²) in [5, 5.41) is 9.44. The van der Waals surface area contributed by atoms with Gasteiger partial charge in [-0.3, -0.25) is 29.4 Å². The number of fused-ring (bicyclic) bond motifs is 1. The number of rotatable bonds is 5. The summed E-state index contributed by atoms with van der Waals surface area (Å²) >= 11 is 0. The molecule has 1 aliphatic carbocycles. The Labute approximate surface area is 168 Å². The van der Waals surface area contributed by atoms with Gasteiger partial charge in [-0.05, 0) is 56.3 Å². The van der Waals surface area contributed by atoms with Gasteiger partial charge in [0, 0.05) is 24.5 Å². The molecule has 0 bridgehead atoms. The van der Waals surface area contributed by atoms with Crippen LogP contribution in [0, 0.1) is 0 Å². The first-order chi connectivity index (χ1) is 14.0. The lowest BCUT2D eigenvalue weighted by molar-refractivity contribution is -0.136. The molecule has 1 aromatic carbocycles. The lowest BCUT2D eigenvalue weighted by Gasteiger charge is -2.27. The normalized spacial score (nSPS) is 27.9. The van der Waals surface area contributed by atoms with E-state index in [1.54, 1.807) is 12.1 Å². The number of hydrogen-bond acceptors (Lipinski definition) is 6. The number of imide groups is 2. The van der Waals surface area contributed by atoms with Gasteiger partial charge < -0.3 is 10.6 Å². The second-order valence-corrected chi connectivity index (χ2v) is 8.49. The topological polar surface area (TPSA) is 108 Å². The highest BCUT2D eigenvalue weighted by Gasteiger charge is 2.49. The van der Waals surface area contributed by atoms with Crippen molar-refractivity contribution in [3.05, 3.63) is 34.9 Å². The SMILES string of the molecule is O=C1CCC(N2C(=O)c3ccc(CNC4(C5CCCN5)CC4)cc3C2=O)C(=O)N1. The molecule has 0 spiro atoms. The minimum absolute atomic E-state index is 0.121. The van der Waals surface area contributed by atoms with Crippen LogP contribution in [-0.4, -0.2) is 52.7 Å². The number of carbonyl (C=O) groups is 4. The van der Waals surface area contributed by atoms with Crippen molar-refractivity contribution < 1.29 is 19.2 Å². The largest absolute Gasteiger partial charge is 0.312 e. The Morgan fingerprint density at radius 2 is 1.86 bits per heavy atom. The van der Waals surface area contributed by atoms with Crippen LogP contribution in [0.15, 0.2) is 18.2 Å². The fourth-order valence-electron chi connectivity index (χ4n) is 4.85. The highest BCUT2D eigenvalue weighted by atomic mass is 16.2. The second kappa shape index (κ2) is 6.74. The maximum Gasteiger partial charge on any atom is 0.262 e. The molecule has 2 unspecified atom stereocenters. The Bertz CT molecular complexity index is 917. The molecule has 29 heavy (non-hydrogen) atoms. The molecule has 8 heteroatoms. The van der Waals surface area contributed by atoms with Crippen molar-refractivity contribution in [1.29, 1.82) is 0 Å². The molecule has 8 nitrogen and oxygen atoms in total. The minimum atomic E-state index is -0.926. The van der Waals surface area contributed by atoms with E-state index in [1.165, 1.54) is 12.8 Å². The van der Waals surface area contributed by atoms with Gasteiger partial charge in [0.1, 0.15) is 6.04 Å². The molecule has 3 fully saturated rings. The second-order valence-electron chi connectivity index (χ2n) is 8.49. The lowest BCUT2D eigenvalue weighted by Crippen LogP contribution is -2.54. The van der Waals surface area contributed by atoms with E-state index in [0.717, 1.165) is 29.8 Å². The fraction of sp³-hybridized carbons (Fsp3) is 0.524. The molecular weight excluding hydrogens is 372 g/mol. The Balaban J connectivity index is 1.32. The van der Waals surface area contributed by atoms with Gasteiger partial charge in [-0.25, -0.2) is 0 Å². The van der Waals surface area contributed by atoms with Crippen molar-refractivity contribution in [3.63, 3.8) is 0 Å². The van der Waals surface area contributed by atoms with E-state index in [0.29, 0.717) is 23.7 Å². The van der Waals surface area contributed by atoms with E-state index in [4.69, 9.17) is 0 Å². The molecule has 4 aliphatic rings. The summed E-state index contributed by atoms with van der Waals surface area (Å²) in [6.07, 6.45) is 4.98. The van der Waals surface area contributed by atoms with E-state index in [-0.39, 0.29) is 24.3 Å². The smallest absolute Gasteiger partial charge is 0.262 e. The van der Waals surface area contributed by atoms with E-state index >= 15 is 0 Å². The van der Waals surface area contributed by atoms with Gasteiger partial charge in [-0.1, -0.05) is 6.07 Å². The molecule has 0 radical (unpaired) electrons. The van der Waals surface area contributed by atoms with Gasteiger partial charge in [0.2, 0.25) is 11.8 Å². The molecule has 3 heterocycles. The van der Waals surface area contributed by atoms with Gasteiger partial charge in [0.15, 0.2) is 0 Å². The number of piperidine rings is 1. The standard InChI is InChI=1S/C21H24N4O4/c26-17-6-5-15(18(27)24-17)25-19(28)13-4-3-12(10-14(13)20(25)29)11-23-21(7-8-21)16-2-1-9-22-16/h3-4,10,15-16,22-23H,1-2,5-9,11H2,(H,24,26,27). The molecule has 152 valence electrons. The van der Waals surface area contributed by atoms with Crippen molar-refractivity contribution in [1.82, 2.24) is 20.9 Å². The van der Waals surface area contributed by atoms with Crippen LogP contribution in [0.5, 0.6) is 0 Å². The fourth-order valence-corrected chi connectivity index (χ4v) is 4.85. The molecule has 2 saturated heterocycles. The average molecular weight is 396 g/mol. The summed E-state index contributed by atoms with van der Waals surface area (Å²) < 4.78 is 0. The Kier molecular flexibility index (Phi) is 4.29. The lowest BCUT2D eigenvalue weighted by atomic mass is 10.0. The Morgan fingerprint density at radius 3 is 2.55 bits per heavy atom. The zero-order valence-corrected chi connectivity index (χ0v) is 16.1. The molecule has 3 N–H and O–H groups in total. The van der Waals surface area contributed by atoms with Gasteiger partial charge in [0.25, 0.3) is 11.8 Å². The summed E-state index contributed by atoms with van der Waals surface area (Å²) in [7, 11) is 0. The molecule has 1 saturated carbocycles. The van der Waals surface area contributed by atoms with Crippen LogP contribution in [0.25, 0.3) is 0 Å². The van der Waals surface area contributed by atoms with Crippen LogP contribution in [0.3, 0.4) is 0 Å². The molecule has 5 rings (SSSR count).